The first-order chi connectivity index (χ1) is 7.70. The van der Waals surface area contributed by atoms with Crippen molar-refractivity contribution in [3.05, 3.63) is 34.6 Å². The highest BCUT2D eigenvalue weighted by Crippen LogP contribution is 2.21. The third kappa shape index (κ3) is 2.29. The predicted octanol–water partition coefficient (Wildman–Crippen LogP) is 1.49. The molecule has 1 heterocycles. The molecule has 2 rings (SSSR count). The van der Waals surface area contributed by atoms with Crippen LogP contribution in [0.25, 0.3) is 11.4 Å². The normalized spacial score (nSPS) is 12.7. The van der Waals surface area contributed by atoms with Gasteiger partial charge in [-0.3, -0.25) is 0 Å². The van der Waals surface area contributed by atoms with Crippen molar-refractivity contribution in [2.45, 2.75) is 6.04 Å². The fraction of sp³-hybridized carbons (Fsp3) is 0.200. The number of aromatic nitrogens is 2. The Bertz CT molecular complexity index is 486. The van der Waals surface area contributed by atoms with Gasteiger partial charge in [-0.25, -0.2) is 0 Å². The zero-order chi connectivity index (χ0) is 11.5. The summed E-state index contributed by atoms with van der Waals surface area (Å²) in [7, 11) is 0. The number of rotatable bonds is 3. The first kappa shape index (κ1) is 11.3. The Balaban J connectivity index is 2.31. The molecule has 1 aromatic carbocycles. The number of nitrogens with two attached hydrogens (primary N) is 1. The van der Waals surface area contributed by atoms with Crippen LogP contribution in [0.4, 0.5) is 0 Å². The van der Waals surface area contributed by atoms with E-state index in [0.29, 0.717) is 5.82 Å². The lowest BCUT2D eigenvalue weighted by Crippen LogP contribution is -2.14. The van der Waals surface area contributed by atoms with E-state index in [1.165, 1.54) is 0 Å². The van der Waals surface area contributed by atoms with E-state index in [1.807, 2.05) is 24.3 Å². The molecule has 1 aromatic heterocycles. The van der Waals surface area contributed by atoms with E-state index < -0.39 is 6.04 Å². The summed E-state index contributed by atoms with van der Waals surface area (Å²) in [6, 6.07) is 6.89. The lowest BCUT2D eigenvalue weighted by molar-refractivity contribution is 0.237. The lowest BCUT2D eigenvalue weighted by atomic mass is 10.2. The molecule has 2 aromatic rings. The van der Waals surface area contributed by atoms with Gasteiger partial charge in [-0.15, -0.1) is 0 Å². The fourth-order valence-corrected chi connectivity index (χ4v) is 1.61. The highest BCUT2D eigenvalue weighted by Gasteiger charge is 2.14. The Kier molecular flexibility index (Phi) is 3.33. The first-order valence-corrected chi connectivity index (χ1v) is 5.46. The molecule has 0 radical (unpaired) electrons. The average molecular weight is 284 g/mol. The molecule has 0 fully saturated rings. The van der Waals surface area contributed by atoms with Gasteiger partial charge < -0.3 is 15.4 Å². The van der Waals surface area contributed by atoms with Crippen LogP contribution in [0.15, 0.2) is 33.3 Å². The summed E-state index contributed by atoms with van der Waals surface area (Å²) in [5.74, 6) is 0.692. The Morgan fingerprint density at radius 2 is 2.31 bits per heavy atom. The molecule has 84 valence electrons. The summed E-state index contributed by atoms with van der Waals surface area (Å²) in [5.41, 5.74) is 6.39. The maximum atomic E-state index is 8.85. The Hall–Kier alpha value is -1.24. The quantitative estimate of drug-likeness (QED) is 0.892. The van der Waals surface area contributed by atoms with Crippen molar-refractivity contribution in [3.63, 3.8) is 0 Å². The van der Waals surface area contributed by atoms with Crippen molar-refractivity contribution >= 4 is 15.9 Å². The second kappa shape index (κ2) is 4.73. The van der Waals surface area contributed by atoms with E-state index in [-0.39, 0.29) is 12.5 Å². The van der Waals surface area contributed by atoms with Crippen LogP contribution < -0.4 is 5.73 Å². The number of benzene rings is 1. The fourth-order valence-electron chi connectivity index (χ4n) is 1.21. The highest BCUT2D eigenvalue weighted by molar-refractivity contribution is 9.10. The largest absolute Gasteiger partial charge is 0.394 e. The molecule has 1 atom stereocenters. The van der Waals surface area contributed by atoms with E-state index in [1.54, 1.807) is 0 Å². The van der Waals surface area contributed by atoms with E-state index >= 15 is 0 Å². The second-order valence-corrected chi connectivity index (χ2v) is 4.17. The number of nitrogens with zero attached hydrogens (tertiary/aromatic N) is 2. The molecule has 0 saturated carbocycles. The Morgan fingerprint density at radius 3 is 3.00 bits per heavy atom. The summed E-state index contributed by atoms with van der Waals surface area (Å²) in [4.78, 5) is 4.11. The van der Waals surface area contributed by atoms with Crippen LogP contribution in [0.1, 0.15) is 11.9 Å². The van der Waals surface area contributed by atoms with Crippen molar-refractivity contribution in [1.82, 2.24) is 10.1 Å². The molecule has 0 saturated heterocycles. The van der Waals surface area contributed by atoms with Gasteiger partial charge in [-0.2, -0.15) is 4.98 Å². The van der Waals surface area contributed by atoms with E-state index in [2.05, 4.69) is 26.1 Å². The molecule has 0 amide bonds. The second-order valence-electron chi connectivity index (χ2n) is 3.26. The van der Waals surface area contributed by atoms with E-state index in [0.717, 1.165) is 10.0 Å². The molecule has 3 N–H and O–H groups in total. The van der Waals surface area contributed by atoms with Crippen molar-refractivity contribution in [2.75, 3.05) is 6.61 Å². The smallest absolute Gasteiger partial charge is 0.246 e. The minimum Gasteiger partial charge on any atom is -0.394 e. The molecule has 0 spiro atoms. The molecule has 6 heteroatoms. The van der Waals surface area contributed by atoms with E-state index in [9.17, 15) is 0 Å². The SMILES string of the molecule is N[C@@H](CO)c1nc(-c2cccc(Br)c2)no1. The minimum absolute atomic E-state index is 0.222. The van der Waals surface area contributed by atoms with Crippen LogP contribution in [0, 0.1) is 0 Å². The van der Waals surface area contributed by atoms with Crippen LogP contribution in [-0.2, 0) is 0 Å². The van der Waals surface area contributed by atoms with Crippen LogP contribution in [-0.4, -0.2) is 21.9 Å². The monoisotopic (exact) mass is 283 g/mol. The van der Waals surface area contributed by atoms with Gasteiger partial charge in [0.25, 0.3) is 0 Å². The first-order valence-electron chi connectivity index (χ1n) is 4.66. The van der Waals surface area contributed by atoms with Gasteiger partial charge in [0.05, 0.1) is 6.61 Å². The number of hydrogen-bond acceptors (Lipinski definition) is 5. The summed E-state index contributed by atoms with van der Waals surface area (Å²) in [5, 5.41) is 12.7. The van der Waals surface area contributed by atoms with Gasteiger partial charge in [0.2, 0.25) is 11.7 Å². The Labute approximate surface area is 100 Å². The lowest BCUT2D eigenvalue weighted by Gasteiger charge is -1.98. The van der Waals surface area contributed by atoms with Gasteiger partial charge in [0, 0.05) is 10.0 Å². The van der Waals surface area contributed by atoms with Crippen molar-refractivity contribution in [1.29, 1.82) is 0 Å². The van der Waals surface area contributed by atoms with Gasteiger partial charge >= 0.3 is 0 Å². The molecule has 16 heavy (non-hydrogen) atoms. The molecule has 0 unspecified atom stereocenters. The van der Waals surface area contributed by atoms with Gasteiger partial charge in [-0.1, -0.05) is 33.2 Å². The van der Waals surface area contributed by atoms with Gasteiger partial charge in [0.15, 0.2) is 0 Å². The van der Waals surface area contributed by atoms with Gasteiger partial charge in [-0.05, 0) is 12.1 Å². The average Bonchev–Trinajstić information content (AvgIpc) is 2.77. The number of hydrogen-bond donors (Lipinski definition) is 2. The topological polar surface area (TPSA) is 85.2 Å². The van der Waals surface area contributed by atoms with Crippen LogP contribution in [0.3, 0.4) is 0 Å². The van der Waals surface area contributed by atoms with Crippen molar-refractivity contribution < 1.29 is 9.63 Å². The molecule has 0 aliphatic heterocycles. The van der Waals surface area contributed by atoms with Crippen molar-refractivity contribution in [3.8, 4) is 11.4 Å². The molecule has 0 aliphatic rings. The minimum atomic E-state index is -0.631. The van der Waals surface area contributed by atoms with Crippen molar-refractivity contribution in [2.24, 2.45) is 5.73 Å². The van der Waals surface area contributed by atoms with Crippen LogP contribution in [0.5, 0.6) is 0 Å². The summed E-state index contributed by atoms with van der Waals surface area (Å²) < 4.78 is 5.88. The maximum absolute atomic E-state index is 8.85. The maximum Gasteiger partial charge on any atom is 0.246 e. The van der Waals surface area contributed by atoms with Crippen LogP contribution >= 0.6 is 15.9 Å². The molecular weight excluding hydrogens is 274 g/mol. The highest BCUT2D eigenvalue weighted by atomic mass is 79.9. The number of halogens is 1. The van der Waals surface area contributed by atoms with Crippen LogP contribution in [0.2, 0.25) is 0 Å². The third-order valence-electron chi connectivity index (χ3n) is 2.04. The Morgan fingerprint density at radius 1 is 1.50 bits per heavy atom. The summed E-state index contributed by atoms with van der Waals surface area (Å²) >= 11 is 3.36. The molecule has 0 aliphatic carbocycles. The third-order valence-corrected chi connectivity index (χ3v) is 2.53. The number of aliphatic hydroxyl groups is 1. The zero-order valence-electron chi connectivity index (χ0n) is 8.30. The molecule has 5 nitrogen and oxygen atoms in total. The zero-order valence-corrected chi connectivity index (χ0v) is 9.89. The summed E-state index contributed by atoms with van der Waals surface area (Å²) in [6.45, 7) is -0.222. The molecular formula is C10H10BrN3O2. The standard InChI is InChI=1S/C10H10BrN3O2/c11-7-3-1-2-6(4-7)9-13-10(16-14-9)8(12)5-15/h1-4,8,15H,5,12H2/t8-/m0/s1. The predicted molar refractivity (Wildman–Crippen MR) is 61.4 cm³/mol. The summed E-state index contributed by atoms with van der Waals surface area (Å²) in [6.07, 6.45) is 0. The van der Waals surface area contributed by atoms with E-state index in [4.69, 9.17) is 15.4 Å². The molecule has 0 bridgehead atoms. The number of aliphatic hydroxyl groups excluding tert-OH is 1. The van der Waals surface area contributed by atoms with Gasteiger partial charge in [0.1, 0.15) is 6.04 Å².